The van der Waals surface area contributed by atoms with Gasteiger partial charge in [0.2, 0.25) is 11.9 Å². The second-order valence-electron chi connectivity index (χ2n) is 9.29. The summed E-state index contributed by atoms with van der Waals surface area (Å²) < 4.78 is 19.2. The van der Waals surface area contributed by atoms with Gasteiger partial charge in [0.1, 0.15) is 5.82 Å². The van der Waals surface area contributed by atoms with Gasteiger partial charge in [-0.05, 0) is 37.8 Å². The predicted octanol–water partition coefficient (Wildman–Crippen LogP) is 3.43. The summed E-state index contributed by atoms with van der Waals surface area (Å²) in [4.78, 5) is 27.0. The summed E-state index contributed by atoms with van der Waals surface area (Å²) in [6.07, 6.45) is 8.13. The van der Waals surface area contributed by atoms with Gasteiger partial charge in [-0.15, -0.1) is 0 Å². The summed E-state index contributed by atoms with van der Waals surface area (Å²) in [7, 11) is 1.42. The van der Waals surface area contributed by atoms with Crippen LogP contribution in [-0.4, -0.2) is 63.7 Å². The number of nitrogens with zero attached hydrogens (tertiary/aromatic N) is 5. The van der Waals surface area contributed by atoms with Crippen molar-refractivity contribution in [3.63, 3.8) is 0 Å². The third-order valence-corrected chi connectivity index (χ3v) is 6.81. The molecule has 11 heteroatoms. The lowest BCUT2D eigenvalue weighted by Gasteiger charge is -2.35. The van der Waals surface area contributed by atoms with Crippen LogP contribution in [0.3, 0.4) is 0 Å². The Labute approximate surface area is 204 Å². The monoisotopic (exact) mass is 487 g/mol. The molecule has 0 amide bonds. The lowest BCUT2D eigenvalue weighted by Crippen LogP contribution is -2.50. The van der Waals surface area contributed by atoms with E-state index in [9.17, 15) is 9.18 Å². The number of hydrogen-bond donors (Lipinski definition) is 3. The van der Waals surface area contributed by atoms with Gasteiger partial charge in [0.25, 0.3) is 0 Å². The molecule has 1 saturated heterocycles. The SMILES string of the molecule is COc1ccc(Nc2nc(C3CCCCCC3)nc(N(N)C3CCN(CC(=O)O)CC3)n2)cc1F. The molecule has 10 nitrogen and oxygen atoms in total. The largest absolute Gasteiger partial charge is 0.494 e. The third-order valence-electron chi connectivity index (χ3n) is 6.81. The van der Waals surface area contributed by atoms with E-state index in [0.717, 1.165) is 25.7 Å². The minimum atomic E-state index is -0.829. The fraction of sp³-hybridized carbons (Fsp3) is 0.583. The summed E-state index contributed by atoms with van der Waals surface area (Å²) >= 11 is 0. The molecule has 2 aromatic rings. The van der Waals surface area contributed by atoms with Crippen LogP contribution in [0.5, 0.6) is 5.75 Å². The molecule has 2 fully saturated rings. The molecule has 1 aliphatic carbocycles. The maximum Gasteiger partial charge on any atom is 0.317 e. The van der Waals surface area contributed by atoms with Crippen molar-refractivity contribution in [1.29, 1.82) is 0 Å². The Kier molecular flexibility index (Phi) is 8.29. The van der Waals surface area contributed by atoms with Crippen LogP contribution in [-0.2, 0) is 4.79 Å². The zero-order chi connectivity index (χ0) is 24.8. The highest BCUT2D eigenvalue weighted by Gasteiger charge is 2.27. The lowest BCUT2D eigenvalue weighted by atomic mass is 9.99. The van der Waals surface area contributed by atoms with Crippen LogP contribution >= 0.6 is 0 Å². The Balaban J connectivity index is 1.57. The number of halogens is 1. The Morgan fingerprint density at radius 3 is 2.51 bits per heavy atom. The molecule has 0 bridgehead atoms. The van der Waals surface area contributed by atoms with Crippen LogP contribution in [0, 0.1) is 5.82 Å². The van der Waals surface area contributed by atoms with E-state index in [4.69, 9.17) is 25.7 Å². The molecule has 4 N–H and O–H groups in total. The van der Waals surface area contributed by atoms with E-state index in [-0.39, 0.29) is 24.3 Å². The van der Waals surface area contributed by atoms with Gasteiger partial charge in [-0.1, -0.05) is 25.7 Å². The summed E-state index contributed by atoms with van der Waals surface area (Å²) in [5.74, 6) is 6.97. The molecule has 0 radical (unpaired) electrons. The molecule has 0 atom stereocenters. The highest BCUT2D eigenvalue weighted by atomic mass is 19.1. The van der Waals surface area contributed by atoms with E-state index in [1.54, 1.807) is 17.1 Å². The molecular formula is C24H34FN7O3. The number of hydrogen-bond acceptors (Lipinski definition) is 9. The van der Waals surface area contributed by atoms with Crippen LogP contribution in [0.25, 0.3) is 0 Å². The first-order valence-electron chi connectivity index (χ1n) is 12.3. The topological polar surface area (TPSA) is 130 Å². The van der Waals surface area contributed by atoms with Crippen LogP contribution in [0.2, 0.25) is 0 Å². The minimum absolute atomic E-state index is 0.0179. The number of rotatable bonds is 8. The van der Waals surface area contributed by atoms with Crippen molar-refractivity contribution in [2.75, 3.05) is 37.1 Å². The van der Waals surface area contributed by atoms with Gasteiger partial charge < -0.3 is 15.2 Å². The van der Waals surface area contributed by atoms with Crippen molar-refractivity contribution >= 4 is 23.6 Å². The zero-order valence-electron chi connectivity index (χ0n) is 20.1. The lowest BCUT2D eigenvalue weighted by molar-refractivity contribution is -0.138. The first-order chi connectivity index (χ1) is 16.9. The molecule has 1 aliphatic heterocycles. The number of anilines is 3. The molecule has 0 spiro atoms. The minimum Gasteiger partial charge on any atom is -0.494 e. The van der Waals surface area contributed by atoms with E-state index in [1.165, 1.54) is 26.0 Å². The number of nitrogens with two attached hydrogens (primary N) is 1. The number of aliphatic carboxylic acids is 1. The van der Waals surface area contributed by atoms with Crippen molar-refractivity contribution in [3.8, 4) is 5.75 Å². The highest BCUT2D eigenvalue weighted by Crippen LogP contribution is 2.32. The third kappa shape index (κ3) is 6.55. The Morgan fingerprint density at radius 2 is 1.89 bits per heavy atom. The standard InChI is InChI=1S/C24H34FN7O3/c1-35-20-9-8-17(14-19(20)25)27-23-28-22(16-6-4-2-3-5-7-16)29-24(30-23)32(26)18-10-12-31(13-11-18)15-21(33)34/h8-9,14,16,18H,2-7,10-13,15,26H2,1H3,(H,33,34)(H,27,28,29,30). The van der Waals surface area contributed by atoms with E-state index < -0.39 is 11.8 Å². The number of ether oxygens (including phenoxy) is 1. The van der Waals surface area contributed by atoms with Crippen LogP contribution in [0.15, 0.2) is 18.2 Å². The zero-order valence-corrected chi connectivity index (χ0v) is 20.1. The van der Waals surface area contributed by atoms with Gasteiger partial charge in [-0.25, -0.2) is 10.2 Å². The summed E-state index contributed by atoms with van der Waals surface area (Å²) in [5.41, 5.74) is 0.498. The molecular weight excluding hydrogens is 453 g/mol. The van der Waals surface area contributed by atoms with Crippen molar-refractivity contribution in [3.05, 3.63) is 29.8 Å². The highest BCUT2D eigenvalue weighted by molar-refractivity contribution is 5.69. The fourth-order valence-corrected chi connectivity index (χ4v) is 4.86. The fourth-order valence-electron chi connectivity index (χ4n) is 4.86. The first kappa shape index (κ1) is 25.1. The van der Waals surface area contributed by atoms with Crippen molar-refractivity contribution in [2.45, 2.75) is 63.3 Å². The molecule has 0 unspecified atom stereocenters. The number of likely N-dealkylation sites (tertiary alicyclic amines) is 1. The smallest absolute Gasteiger partial charge is 0.317 e. The number of aromatic nitrogens is 3. The molecule has 35 heavy (non-hydrogen) atoms. The van der Waals surface area contributed by atoms with Gasteiger partial charge in [0.05, 0.1) is 19.7 Å². The Hall–Kier alpha value is -3.05. The summed E-state index contributed by atoms with van der Waals surface area (Å²) in [6.45, 7) is 1.31. The summed E-state index contributed by atoms with van der Waals surface area (Å²) in [5, 5.41) is 13.7. The molecule has 1 aromatic heterocycles. The molecule has 4 rings (SSSR count). The quantitative estimate of drug-likeness (QED) is 0.289. The van der Waals surface area contributed by atoms with Gasteiger partial charge in [-0.3, -0.25) is 14.7 Å². The van der Waals surface area contributed by atoms with Gasteiger partial charge >= 0.3 is 5.97 Å². The second-order valence-corrected chi connectivity index (χ2v) is 9.29. The average molecular weight is 488 g/mol. The second kappa shape index (κ2) is 11.6. The van der Waals surface area contributed by atoms with Crippen molar-refractivity contribution in [2.24, 2.45) is 5.84 Å². The van der Waals surface area contributed by atoms with Crippen LogP contribution in [0.4, 0.5) is 22.0 Å². The summed E-state index contributed by atoms with van der Waals surface area (Å²) in [6, 6.07) is 4.57. The van der Waals surface area contributed by atoms with Crippen LogP contribution < -0.4 is 20.9 Å². The molecule has 2 heterocycles. The van der Waals surface area contributed by atoms with E-state index in [2.05, 4.69) is 10.3 Å². The van der Waals surface area contributed by atoms with Gasteiger partial charge in [-0.2, -0.15) is 15.0 Å². The molecule has 2 aliphatic rings. The number of carboxylic acids is 1. The number of piperidine rings is 1. The number of methoxy groups -OCH3 is 1. The predicted molar refractivity (Wildman–Crippen MR) is 130 cm³/mol. The average Bonchev–Trinajstić information content (AvgIpc) is 3.13. The van der Waals surface area contributed by atoms with E-state index in [1.807, 2.05) is 4.90 Å². The number of carboxylic acid groups (broad SMARTS) is 1. The number of nitrogens with one attached hydrogen (secondary N) is 1. The van der Waals surface area contributed by atoms with E-state index >= 15 is 0 Å². The van der Waals surface area contributed by atoms with Crippen molar-refractivity contribution in [1.82, 2.24) is 19.9 Å². The van der Waals surface area contributed by atoms with E-state index in [0.29, 0.717) is 49.3 Å². The maximum atomic E-state index is 14.2. The van der Waals surface area contributed by atoms with Gasteiger partial charge in [0.15, 0.2) is 11.6 Å². The number of benzene rings is 1. The first-order valence-corrected chi connectivity index (χ1v) is 12.3. The maximum absolute atomic E-state index is 14.2. The Bertz CT molecular complexity index is 1010. The van der Waals surface area contributed by atoms with Crippen molar-refractivity contribution < 1.29 is 19.0 Å². The Morgan fingerprint density at radius 1 is 1.17 bits per heavy atom. The number of hydrazine groups is 1. The van der Waals surface area contributed by atoms with Gasteiger partial charge in [0, 0.05) is 30.8 Å². The molecule has 1 aromatic carbocycles. The number of carbonyl (C=O) groups is 1. The molecule has 190 valence electrons. The molecule has 1 saturated carbocycles. The normalized spacial score (nSPS) is 18.1. The van der Waals surface area contributed by atoms with Crippen LogP contribution in [0.1, 0.15) is 63.1 Å².